The molecule has 1 aromatic heterocycles. The molecule has 0 aliphatic heterocycles. The summed E-state index contributed by atoms with van der Waals surface area (Å²) in [6.07, 6.45) is 0. The lowest BCUT2D eigenvalue weighted by atomic mass is 10.2. The van der Waals surface area contributed by atoms with Crippen LogP contribution in [0.25, 0.3) is 11.0 Å². The summed E-state index contributed by atoms with van der Waals surface area (Å²) in [6, 6.07) is 15.7. The van der Waals surface area contributed by atoms with Gasteiger partial charge in [0, 0.05) is 11.6 Å². The second kappa shape index (κ2) is 5.03. The Labute approximate surface area is 116 Å². The third-order valence-electron chi connectivity index (χ3n) is 3.11. The molecule has 4 heteroatoms. The molecule has 1 N–H and O–H groups in total. The van der Waals surface area contributed by atoms with Crippen molar-refractivity contribution in [2.24, 2.45) is 0 Å². The summed E-state index contributed by atoms with van der Waals surface area (Å²) in [5, 5.41) is 10.1. The highest BCUT2D eigenvalue weighted by Crippen LogP contribution is 2.22. The van der Waals surface area contributed by atoms with Crippen LogP contribution < -0.4 is 0 Å². The summed E-state index contributed by atoms with van der Waals surface area (Å²) in [6.45, 7) is 0.590. The van der Waals surface area contributed by atoms with Crippen LogP contribution in [-0.4, -0.2) is 14.7 Å². The highest BCUT2D eigenvalue weighted by atomic mass is 35.5. The first kappa shape index (κ1) is 12.2. The molecule has 0 saturated carbocycles. The lowest BCUT2D eigenvalue weighted by Gasteiger charge is -2.08. The number of aliphatic hydroxyl groups is 1. The maximum absolute atomic E-state index is 9.45. The minimum atomic E-state index is -0.0842. The molecule has 1 heterocycles. The second-order valence-corrected chi connectivity index (χ2v) is 4.83. The first-order valence-corrected chi connectivity index (χ1v) is 6.45. The number of aromatic nitrogens is 2. The molecular formula is C15H13ClN2O. The van der Waals surface area contributed by atoms with Gasteiger partial charge in [0.1, 0.15) is 12.4 Å². The highest BCUT2D eigenvalue weighted by molar-refractivity contribution is 6.31. The van der Waals surface area contributed by atoms with Gasteiger partial charge in [0.2, 0.25) is 0 Å². The van der Waals surface area contributed by atoms with E-state index in [0.717, 1.165) is 16.6 Å². The Morgan fingerprint density at radius 3 is 2.63 bits per heavy atom. The minimum Gasteiger partial charge on any atom is -0.388 e. The number of imidazole rings is 1. The monoisotopic (exact) mass is 272 g/mol. The maximum Gasteiger partial charge on any atom is 0.136 e. The van der Waals surface area contributed by atoms with Crippen molar-refractivity contribution >= 4 is 22.6 Å². The number of hydrogen-bond donors (Lipinski definition) is 1. The van der Waals surface area contributed by atoms with E-state index in [2.05, 4.69) is 17.1 Å². The number of halogens is 1. The molecule has 0 bridgehead atoms. The molecule has 0 fully saturated rings. The zero-order valence-electron chi connectivity index (χ0n) is 10.3. The second-order valence-electron chi connectivity index (χ2n) is 4.39. The van der Waals surface area contributed by atoms with Crippen LogP contribution in [-0.2, 0) is 13.2 Å². The van der Waals surface area contributed by atoms with Crippen LogP contribution >= 0.6 is 11.6 Å². The molecule has 0 saturated heterocycles. The van der Waals surface area contributed by atoms with Crippen LogP contribution in [0.5, 0.6) is 0 Å². The van der Waals surface area contributed by atoms with Crippen molar-refractivity contribution in [1.29, 1.82) is 0 Å². The van der Waals surface area contributed by atoms with Crippen molar-refractivity contribution in [2.75, 3.05) is 0 Å². The highest BCUT2D eigenvalue weighted by Gasteiger charge is 2.10. The van der Waals surface area contributed by atoms with Crippen LogP contribution in [0.4, 0.5) is 0 Å². The standard InChI is InChI=1S/C15H13ClN2O/c16-12-6-7-13-14(8-12)18(15(10-19)17-13)9-11-4-2-1-3-5-11/h1-8,19H,9-10H2. The largest absolute Gasteiger partial charge is 0.388 e. The van der Waals surface area contributed by atoms with Crippen LogP contribution in [0, 0.1) is 0 Å². The number of benzene rings is 2. The van der Waals surface area contributed by atoms with Gasteiger partial charge in [0.15, 0.2) is 0 Å². The fourth-order valence-electron chi connectivity index (χ4n) is 2.21. The Hall–Kier alpha value is -1.84. The van der Waals surface area contributed by atoms with E-state index in [9.17, 15) is 5.11 Å². The van der Waals surface area contributed by atoms with Crippen molar-refractivity contribution in [3.8, 4) is 0 Å². The zero-order valence-corrected chi connectivity index (χ0v) is 11.0. The molecule has 3 aromatic rings. The van der Waals surface area contributed by atoms with E-state index in [1.165, 1.54) is 0 Å². The molecule has 3 rings (SSSR count). The third kappa shape index (κ3) is 2.35. The number of hydrogen-bond acceptors (Lipinski definition) is 2. The molecule has 0 amide bonds. The average molecular weight is 273 g/mol. The van der Waals surface area contributed by atoms with Gasteiger partial charge >= 0.3 is 0 Å². The van der Waals surface area contributed by atoms with Gasteiger partial charge in [0.25, 0.3) is 0 Å². The summed E-state index contributed by atoms with van der Waals surface area (Å²) in [5.41, 5.74) is 2.96. The minimum absolute atomic E-state index is 0.0842. The molecule has 0 atom stereocenters. The van der Waals surface area contributed by atoms with Crippen molar-refractivity contribution < 1.29 is 5.11 Å². The van der Waals surface area contributed by atoms with E-state index >= 15 is 0 Å². The number of aliphatic hydroxyl groups excluding tert-OH is 1. The summed E-state index contributed by atoms with van der Waals surface area (Å²) in [7, 11) is 0. The van der Waals surface area contributed by atoms with Gasteiger partial charge in [-0.1, -0.05) is 41.9 Å². The van der Waals surface area contributed by atoms with Gasteiger partial charge in [-0.15, -0.1) is 0 Å². The summed E-state index contributed by atoms with van der Waals surface area (Å²) in [4.78, 5) is 4.42. The fraction of sp³-hybridized carbons (Fsp3) is 0.133. The molecule has 96 valence electrons. The third-order valence-corrected chi connectivity index (χ3v) is 3.35. The lowest BCUT2D eigenvalue weighted by Crippen LogP contribution is -2.05. The number of rotatable bonds is 3. The Kier molecular flexibility index (Phi) is 3.23. The van der Waals surface area contributed by atoms with Gasteiger partial charge in [0.05, 0.1) is 11.0 Å². The average Bonchev–Trinajstić information content (AvgIpc) is 2.78. The summed E-state index contributed by atoms with van der Waals surface area (Å²) in [5.74, 6) is 0.654. The molecule has 0 aliphatic rings. The van der Waals surface area contributed by atoms with E-state index in [-0.39, 0.29) is 6.61 Å². The van der Waals surface area contributed by atoms with Gasteiger partial charge < -0.3 is 9.67 Å². The van der Waals surface area contributed by atoms with Crippen molar-refractivity contribution in [3.05, 3.63) is 64.9 Å². The summed E-state index contributed by atoms with van der Waals surface area (Å²) < 4.78 is 2.00. The van der Waals surface area contributed by atoms with E-state index < -0.39 is 0 Å². The first-order chi connectivity index (χ1) is 9.28. The number of fused-ring (bicyclic) bond motifs is 1. The van der Waals surface area contributed by atoms with Gasteiger partial charge in [-0.3, -0.25) is 0 Å². The first-order valence-electron chi connectivity index (χ1n) is 6.07. The topological polar surface area (TPSA) is 38.1 Å². The Morgan fingerprint density at radius 1 is 1.11 bits per heavy atom. The Morgan fingerprint density at radius 2 is 1.89 bits per heavy atom. The molecular weight excluding hydrogens is 260 g/mol. The normalized spacial score (nSPS) is 11.1. The van der Waals surface area contributed by atoms with Crippen LogP contribution in [0.3, 0.4) is 0 Å². The molecule has 0 spiro atoms. The Balaban J connectivity index is 2.12. The van der Waals surface area contributed by atoms with Crippen LogP contribution in [0.15, 0.2) is 48.5 Å². The summed E-state index contributed by atoms with van der Waals surface area (Å²) >= 11 is 6.04. The van der Waals surface area contributed by atoms with E-state index in [4.69, 9.17) is 11.6 Å². The molecule has 2 aromatic carbocycles. The molecule has 3 nitrogen and oxygen atoms in total. The maximum atomic E-state index is 9.45. The Bertz CT molecular complexity index is 707. The van der Waals surface area contributed by atoms with Crippen LogP contribution in [0.1, 0.15) is 11.4 Å². The van der Waals surface area contributed by atoms with Crippen molar-refractivity contribution in [1.82, 2.24) is 9.55 Å². The van der Waals surface area contributed by atoms with Crippen molar-refractivity contribution in [3.63, 3.8) is 0 Å². The van der Waals surface area contributed by atoms with E-state index in [0.29, 0.717) is 17.4 Å². The quantitative estimate of drug-likeness (QED) is 0.795. The predicted octanol–water partition coefficient (Wildman–Crippen LogP) is 3.23. The molecule has 0 aliphatic carbocycles. The molecule has 0 radical (unpaired) electrons. The van der Waals surface area contributed by atoms with E-state index in [1.54, 1.807) is 0 Å². The van der Waals surface area contributed by atoms with Gasteiger partial charge in [-0.2, -0.15) is 0 Å². The fourth-order valence-corrected chi connectivity index (χ4v) is 2.38. The van der Waals surface area contributed by atoms with Gasteiger partial charge in [-0.25, -0.2) is 4.98 Å². The molecule has 19 heavy (non-hydrogen) atoms. The predicted molar refractivity (Wildman–Crippen MR) is 76.2 cm³/mol. The smallest absolute Gasteiger partial charge is 0.136 e. The van der Waals surface area contributed by atoms with Crippen LogP contribution in [0.2, 0.25) is 5.02 Å². The van der Waals surface area contributed by atoms with Gasteiger partial charge in [-0.05, 0) is 23.8 Å². The van der Waals surface area contributed by atoms with E-state index in [1.807, 2.05) is 41.0 Å². The van der Waals surface area contributed by atoms with Crippen molar-refractivity contribution in [2.45, 2.75) is 13.2 Å². The SMILES string of the molecule is OCc1nc2ccc(Cl)cc2n1Cc1ccccc1. The number of nitrogens with zero attached hydrogens (tertiary/aromatic N) is 2. The lowest BCUT2D eigenvalue weighted by molar-refractivity contribution is 0.267. The molecule has 0 unspecified atom stereocenters. The zero-order chi connectivity index (χ0) is 13.2.